The zero-order valence-corrected chi connectivity index (χ0v) is 17.4. The predicted molar refractivity (Wildman–Crippen MR) is 112 cm³/mol. The van der Waals surface area contributed by atoms with E-state index in [1.165, 1.54) is 0 Å². The molecule has 0 bridgehead atoms. The summed E-state index contributed by atoms with van der Waals surface area (Å²) in [5.74, 6) is 6.59. The summed E-state index contributed by atoms with van der Waals surface area (Å²) < 4.78 is 27.8. The van der Waals surface area contributed by atoms with Gasteiger partial charge in [-0.3, -0.25) is 4.79 Å². The summed E-state index contributed by atoms with van der Waals surface area (Å²) in [5, 5.41) is 0. The SMILES string of the molecule is CCOc1ccc(C#Cc2ccc(CC(C)CC(=O)CS(C)(=O)=O)cc2)cc1. The fourth-order valence-corrected chi connectivity index (χ4v) is 3.59. The largest absolute Gasteiger partial charge is 0.494 e. The molecule has 0 saturated carbocycles. The van der Waals surface area contributed by atoms with Gasteiger partial charge in [-0.2, -0.15) is 0 Å². The van der Waals surface area contributed by atoms with Gasteiger partial charge in [-0.1, -0.05) is 30.9 Å². The van der Waals surface area contributed by atoms with Crippen molar-refractivity contribution in [2.24, 2.45) is 5.92 Å². The van der Waals surface area contributed by atoms with Crippen LogP contribution in [0.5, 0.6) is 5.75 Å². The average molecular weight is 399 g/mol. The molecule has 2 aromatic rings. The molecule has 0 radical (unpaired) electrons. The molecular formula is C23H26O4S. The quantitative estimate of drug-likeness (QED) is 0.637. The van der Waals surface area contributed by atoms with Crippen molar-refractivity contribution in [3.8, 4) is 17.6 Å². The van der Waals surface area contributed by atoms with Gasteiger partial charge in [0.25, 0.3) is 0 Å². The Bertz CT molecular complexity index is 946. The zero-order chi connectivity index (χ0) is 20.6. The van der Waals surface area contributed by atoms with E-state index < -0.39 is 9.84 Å². The van der Waals surface area contributed by atoms with Gasteiger partial charge in [0.05, 0.1) is 6.61 Å². The molecule has 5 heteroatoms. The van der Waals surface area contributed by atoms with Crippen molar-refractivity contribution in [3.05, 3.63) is 65.2 Å². The maximum absolute atomic E-state index is 11.8. The van der Waals surface area contributed by atoms with E-state index in [2.05, 4.69) is 11.8 Å². The lowest BCUT2D eigenvalue weighted by Gasteiger charge is -2.10. The van der Waals surface area contributed by atoms with Crippen LogP contribution in [-0.4, -0.2) is 32.8 Å². The fraction of sp³-hybridized carbons (Fsp3) is 0.348. The topological polar surface area (TPSA) is 60.4 Å². The molecule has 0 aliphatic carbocycles. The fourth-order valence-electron chi connectivity index (χ4n) is 2.88. The van der Waals surface area contributed by atoms with Crippen LogP contribution in [0.1, 0.15) is 37.0 Å². The Hall–Kier alpha value is -2.58. The van der Waals surface area contributed by atoms with Gasteiger partial charge in [0.1, 0.15) is 17.3 Å². The van der Waals surface area contributed by atoms with Crippen LogP contribution in [0, 0.1) is 17.8 Å². The first kappa shape index (κ1) is 21.7. The molecule has 2 aromatic carbocycles. The zero-order valence-electron chi connectivity index (χ0n) is 16.6. The Morgan fingerprint density at radius 2 is 1.54 bits per heavy atom. The Morgan fingerprint density at radius 1 is 1.00 bits per heavy atom. The van der Waals surface area contributed by atoms with Gasteiger partial charge in [-0.25, -0.2) is 8.42 Å². The number of sulfone groups is 1. The van der Waals surface area contributed by atoms with Crippen molar-refractivity contribution in [2.75, 3.05) is 18.6 Å². The van der Waals surface area contributed by atoms with Crippen LogP contribution < -0.4 is 4.74 Å². The van der Waals surface area contributed by atoms with E-state index in [9.17, 15) is 13.2 Å². The first-order valence-electron chi connectivity index (χ1n) is 9.28. The van der Waals surface area contributed by atoms with Gasteiger partial charge >= 0.3 is 0 Å². The molecule has 0 aromatic heterocycles. The van der Waals surface area contributed by atoms with E-state index in [1.54, 1.807) is 0 Å². The summed E-state index contributed by atoms with van der Waals surface area (Å²) in [6.07, 6.45) is 2.08. The van der Waals surface area contributed by atoms with Crippen molar-refractivity contribution in [3.63, 3.8) is 0 Å². The molecule has 0 spiro atoms. The lowest BCUT2D eigenvalue weighted by Crippen LogP contribution is -2.17. The molecule has 28 heavy (non-hydrogen) atoms. The van der Waals surface area contributed by atoms with Crippen LogP contribution in [0.4, 0.5) is 0 Å². The van der Waals surface area contributed by atoms with Gasteiger partial charge in [0.2, 0.25) is 0 Å². The minimum Gasteiger partial charge on any atom is -0.494 e. The van der Waals surface area contributed by atoms with Crippen LogP contribution in [0.2, 0.25) is 0 Å². The van der Waals surface area contributed by atoms with Crippen molar-refractivity contribution < 1.29 is 17.9 Å². The smallest absolute Gasteiger partial charge is 0.154 e. The van der Waals surface area contributed by atoms with Crippen LogP contribution in [0.3, 0.4) is 0 Å². The van der Waals surface area contributed by atoms with Crippen LogP contribution >= 0.6 is 0 Å². The maximum atomic E-state index is 11.8. The number of benzene rings is 2. The summed E-state index contributed by atoms with van der Waals surface area (Å²) in [7, 11) is -3.25. The van der Waals surface area contributed by atoms with Gasteiger partial charge in [-0.05, 0) is 61.2 Å². The van der Waals surface area contributed by atoms with Gasteiger partial charge in [-0.15, -0.1) is 0 Å². The number of carbonyl (C=O) groups is 1. The molecule has 0 saturated heterocycles. The molecular weight excluding hydrogens is 372 g/mol. The second-order valence-electron chi connectivity index (χ2n) is 7.03. The number of hydrogen-bond donors (Lipinski definition) is 0. The maximum Gasteiger partial charge on any atom is 0.154 e. The van der Waals surface area contributed by atoms with Crippen molar-refractivity contribution in [1.82, 2.24) is 0 Å². The summed E-state index contributed by atoms with van der Waals surface area (Å²) in [5.41, 5.74) is 2.94. The van der Waals surface area contributed by atoms with E-state index in [0.717, 1.165) is 35.1 Å². The molecule has 0 N–H and O–H groups in total. The number of carbonyl (C=O) groups excluding carboxylic acids is 1. The molecule has 0 aliphatic heterocycles. The number of Topliss-reactive ketones (excluding diaryl/α,β-unsaturated/α-hetero) is 1. The third-order valence-electron chi connectivity index (χ3n) is 4.05. The second-order valence-corrected chi connectivity index (χ2v) is 9.17. The number of ether oxygens (including phenoxy) is 1. The van der Waals surface area contributed by atoms with E-state index in [1.807, 2.05) is 62.4 Å². The lowest BCUT2D eigenvalue weighted by molar-refractivity contribution is -0.117. The average Bonchev–Trinajstić information content (AvgIpc) is 2.61. The van der Waals surface area contributed by atoms with Gasteiger partial charge in [0.15, 0.2) is 9.84 Å². The Kier molecular flexibility index (Phi) is 7.83. The predicted octanol–water partition coefficient (Wildman–Crippen LogP) is 3.67. The highest BCUT2D eigenvalue weighted by Gasteiger charge is 2.14. The van der Waals surface area contributed by atoms with Gasteiger partial charge < -0.3 is 4.74 Å². The van der Waals surface area contributed by atoms with Gasteiger partial charge in [0, 0.05) is 23.8 Å². The highest BCUT2D eigenvalue weighted by atomic mass is 32.2. The lowest BCUT2D eigenvalue weighted by atomic mass is 9.96. The summed E-state index contributed by atoms with van der Waals surface area (Å²) in [6.45, 7) is 4.55. The molecule has 148 valence electrons. The molecule has 4 nitrogen and oxygen atoms in total. The summed E-state index contributed by atoms with van der Waals surface area (Å²) >= 11 is 0. The minimum atomic E-state index is -3.25. The first-order valence-corrected chi connectivity index (χ1v) is 11.3. The third-order valence-corrected chi connectivity index (χ3v) is 4.90. The molecule has 2 rings (SSSR count). The summed E-state index contributed by atoms with van der Waals surface area (Å²) in [6, 6.07) is 15.6. The molecule has 0 heterocycles. The second kappa shape index (κ2) is 10.1. The highest BCUT2D eigenvalue weighted by molar-refractivity contribution is 7.91. The standard InChI is InChI=1S/C23H26O4S/c1-4-27-23-13-11-20(12-14-23)6-5-19-7-9-21(10-8-19)15-18(2)16-22(24)17-28(3,25)26/h7-14,18H,4,15-17H2,1-3H3. The Morgan fingerprint density at radius 3 is 2.04 bits per heavy atom. The molecule has 1 atom stereocenters. The normalized spacial score (nSPS) is 12.0. The van der Waals surface area contributed by atoms with Crippen molar-refractivity contribution in [1.29, 1.82) is 0 Å². The van der Waals surface area contributed by atoms with Crippen LogP contribution in [0.15, 0.2) is 48.5 Å². The molecule has 0 fully saturated rings. The molecule has 1 unspecified atom stereocenters. The number of rotatable bonds is 8. The number of hydrogen-bond acceptors (Lipinski definition) is 4. The van der Waals surface area contributed by atoms with E-state index in [4.69, 9.17) is 4.74 Å². The van der Waals surface area contributed by atoms with E-state index >= 15 is 0 Å². The first-order chi connectivity index (χ1) is 13.2. The summed E-state index contributed by atoms with van der Waals surface area (Å²) in [4.78, 5) is 11.8. The molecule has 0 aliphatic rings. The van der Waals surface area contributed by atoms with E-state index in [0.29, 0.717) is 6.61 Å². The van der Waals surface area contributed by atoms with Crippen LogP contribution in [0.25, 0.3) is 0 Å². The van der Waals surface area contributed by atoms with Crippen molar-refractivity contribution >= 4 is 15.6 Å². The molecule has 0 amide bonds. The number of ketones is 1. The minimum absolute atomic E-state index is 0.0926. The Balaban J connectivity index is 1.92. The highest BCUT2D eigenvalue weighted by Crippen LogP contribution is 2.14. The Labute approximate surface area is 167 Å². The third kappa shape index (κ3) is 7.98. The van der Waals surface area contributed by atoms with Crippen LogP contribution in [-0.2, 0) is 21.1 Å². The van der Waals surface area contributed by atoms with E-state index in [-0.39, 0.29) is 23.9 Å². The monoisotopic (exact) mass is 398 g/mol. The van der Waals surface area contributed by atoms with Crippen molar-refractivity contribution in [2.45, 2.75) is 26.7 Å².